The van der Waals surface area contributed by atoms with E-state index in [1.165, 1.54) is 0 Å². The van der Waals surface area contributed by atoms with E-state index in [0.29, 0.717) is 16.5 Å². The molecule has 0 heterocycles. The van der Waals surface area contributed by atoms with Gasteiger partial charge < -0.3 is 0 Å². The molecule has 0 aliphatic heterocycles. The van der Waals surface area contributed by atoms with E-state index in [0.717, 1.165) is 3.39 Å². The summed E-state index contributed by atoms with van der Waals surface area (Å²) in [5.74, 6) is 0.705. The first-order chi connectivity index (χ1) is 6.50. The number of halogens is 2. The quantitative estimate of drug-likeness (QED) is 0.532. The molecule has 0 aromatic heterocycles. The Kier molecular flexibility index (Phi) is 5.84. The maximum atomic E-state index is 3.50. The van der Waals surface area contributed by atoms with Crippen LogP contribution in [0.25, 0.3) is 0 Å². The van der Waals surface area contributed by atoms with Gasteiger partial charge in [-0.05, 0) is 48.4 Å². The summed E-state index contributed by atoms with van der Waals surface area (Å²) in [6.07, 6.45) is 2.35. The highest BCUT2D eigenvalue weighted by molar-refractivity contribution is 9.28. The molecule has 0 amide bonds. The molecular formula is C12H24Br2Si. The smallest absolute Gasteiger partial charge is 0.0601 e. The third-order valence-corrected chi connectivity index (χ3v) is 10.7. The van der Waals surface area contributed by atoms with Gasteiger partial charge in [-0.2, -0.15) is 0 Å². The molecule has 0 bridgehead atoms. The first-order valence-electron chi connectivity index (χ1n) is 5.53. The van der Waals surface area contributed by atoms with E-state index < -0.39 is 8.07 Å². The Morgan fingerprint density at radius 1 is 1.13 bits per heavy atom. The van der Waals surface area contributed by atoms with Gasteiger partial charge in [0.2, 0.25) is 0 Å². The average molecular weight is 356 g/mol. The number of hydrogen-bond acceptors (Lipinski definition) is 0. The maximum Gasteiger partial charge on any atom is 0.0601 e. The minimum atomic E-state index is -1.30. The molecule has 1 unspecified atom stereocenters. The third kappa shape index (κ3) is 4.35. The molecule has 90 valence electrons. The van der Waals surface area contributed by atoms with Gasteiger partial charge in [0, 0.05) is 0 Å². The van der Waals surface area contributed by atoms with E-state index >= 15 is 0 Å². The van der Waals surface area contributed by atoms with Gasteiger partial charge in [0.15, 0.2) is 0 Å². The summed E-state index contributed by atoms with van der Waals surface area (Å²) in [5.41, 5.74) is 0.700. The van der Waals surface area contributed by atoms with Crippen LogP contribution >= 0.6 is 31.9 Å². The van der Waals surface area contributed by atoms with Gasteiger partial charge in [-0.15, -0.1) is 0 Å². The lowest BCUT2D eigenvalue weighted by molar-refractivity contribution is 0.602. The van der Waals surface area contributed by atoms with Gasteiger partial charge in [-0.1, -0.05) is 53.8 Å². The lowest BCUT2D eigenvalue weighted by atomic mass is 10.1. The van der Waals surface area contributed by atoms with Crippen molar-refractivity contribution in [2.24, 2.45) is 5.92 Å². The lowest BCUT2D eigenvalue weighted by Gasteiger charge is -2.44. The van der Waals surface area contributed by atoms with Gasteiger partial charge in [0.1, 0.15) is 0 Å². The normalized spacial score (nSPS) is 15.3. The fourth-order valence-corrected chi connectivity index (χ4v) is 6.18. The number of allylic oxidation sites excluding steroid dienone is 1. The van der Waals surface area contributed by atoms with Crippen LogP contribution in [0.1, 0.15) is 34.6 Å². The molecule has 0 aliphatic rings. The zero-order chi connectivity index (χ0) is 12.4. The highest BCUT2D eigenvalue weighted by Crippen LogP contribution is 2.48. The summed E-state index contributed by atoms with van der Waals surface area (Å²) >= 11 is 7.01. The first kappa shape index (κ1) is 15.9. The van der Waals surface area contributed by atoms with Crippen molar-refractivity contribution in [3.05, 3.63) is 9.47 Å². The van der Waals surface area contributed by atoms with Crippen LogP contribution in [-0.2, 0) is 0 Å². The van der Waals surface area contributed by atoms with Crippen LogP contribution in [0, 0.1) is 5.92 Å². The summed E-state index contributed by atoms with van der Waals surface area (Å²) < 4.78 is 1.10. The molecule has 0 rings (SSSR count). The van der Waals surface area contributed by atoms with E-state index in [2.05, 4.69) is 85.6 Å². The van der Waals surface area contributed by atoms with E-state index in [-0.39, 0.29) is 0 Å². The van der Waals surface area contributed by atoms with Crippen LogP contribution in [-0.4, -0.2) is 8.07 Å². The highest BCUT2D eigenvalue weighted by Gasteiger charge is 2.42. The fourth-order valence-electron chi connectivity index (χ4n) is 1.87. The highest BCUT2D eigenvalue weighted by atomic mass is 79.9. The minimum absolute atomic E-state index is 0.438. The predicted octanol–water partition coefficient (Wildman–Crippen LogP) is 6.15. The molecule has 0 spiro atoms. The molecule has 1 atom stereocenters. The second-order valence-electron chi connectivity index (χ2n) is 6.20. The molecule has 0 fully saturated rings. The standard InChI is InChI=1S/C12H24Br2Si/c1-9(2)10(8-11(13)14)15(6,7)12(3,4)5/h8-10H,1-7H3. The van der Waals surface area contributed by atoms with Crippen molar-refractivity contribution in [3.63, 3.8) is 0 Å². The maximum absolute atomic E-state index is 3.50. The summed E-state index contributed by atoms with van der Waals surface area (Å²) in [4.78, 5) is 0. The summed E-state index contributed by atoms with van der Waals surface area (Å²) in [5, 5.41) is 0.438. The Bertz CT molecular complexity index is 232. The molecule has 0 N–H and O–H groups in total. The molecule has 0 aromatic rings. The molecular weight excluding hydrogens is 332 g/mol. The average Bonchev–Trinajstić information content (AvgIpc) is 1.96. The Labute approximate surface area is 113 Å². The molecule has 0 radical (unpaired) electrons. The summed E-state index contributed by atoms with van der Waals surface area (Å²) in [7, 11) is -1.30. The van der Waals surface area contributed by atoms with Gasteiger partial charge in [-0.25, -0.2) is 0 Å². The van der Waals surface area contributed by atoms with Crippen LogP contribution in [0.3, 0.4) is 0 Å². The Balaban J connectivity index is 5.18. The van der Waals surface area contributed by atoms with Crippen LogP contribution in [0.5, 0.6) is 0 Å². The minimum Gasteiger partial charge on any atom is -0.0685 e. The molecule has 3 heteroatoms. The van der Waals surface area contributed by atoms with Crippen LogP contribution in [0.2, 0.25) is 23.7 Å². The molecule has 0 aliphatic carbocycles. The van der Waals surface area contributed by atoms with Crippen molar-refractivity contribution < 1.29 is 0 Å². The second kappa shape index (κ2) is 5.50. The van der Waals surface area contributed by atoms with Crippen LogP contribution in [0.15, 0.2) is 9.47 Å². The molecule has 0 nitrogen and oxygen atoms in total. The molecule has 15 heavy (non-hydrogen) atoms. The van der Waals surface area contributed by atoms with Crippen LogP contribution < -0.4 is 0 Å². The summed E-state index contributed by atoms with van der Waals surface area (Å²) in [6, 6.07) is 0. The zero-order valence-corrected chi connectivity index (χ0v) is 15.2. The largest absolute Gasteiger partial charge is 0.0685 e. The van der Waals surface area contributed by atoms with Crippen molar-refractivity contribution >= 4 is 39.9 Å². The van der Waals surface area contributed by atoms with Crippen molar-refractivity contribution in [2.75, 3.05) is 0 Å². The lowest BCUT2D eigenvalue weighted by Crippen LogP contribution is -2.43. The monoisotopic (exact) mass is 354 g/mol. The van der Waals surface area contributed by atoms with E-state index in [1.54, 1.807) is 0 Å². The van der Waals surface area contributed by atoms with Gasteiger partial charge in [-0.3, -0.25) is 0 Å². The zero-order valence-electron chi connectivity index (χ0n) is 11.0. The number of rotatable bonds is 3. The van der Waals surface area contributed by atoms with Crippen LogP contribution in [0.4, 0.5) is 0 Å². The van der Waals surface area contributed by atoms with E-state index in [4.69, 9.17) is 0 Å². The molecule has 0 saturated heterocycles. The Morgan fingerprint density at radius 2 is 1.53 bits per heavy atom. The van der Waals surface area contributed by atoms with Gasteiger partial charge >= 0.3 is 0 Å². The summed E-state index contributed by atoms with van der Waals surface area (Å²) in [6.45, 7) is 16.8. The van der Waals surface area contributed by atoms with Crippen molar-refractivity contribution in [3.8, 4) is 0 Å². The van der Waals surface area contributed by atoms with Gasteiger partial charge in [0.25, 0.3) is 0 Å². The fraction of sp³-hybridized carbons (Fsp3) is 0.833. The third-order valence-electron chi connectivity index (χ3n) is 3.79. The number of hydrogen-bond donors (Lipinski definition) is 0. The first-order valence-corrected chi connectivity index (χ1v) is 10.2. The Morgan fingerprint density at radius 3 is 1.73 bits per heavy atom. The van der Waals surface area contributed by atoms with E-state index in [1.807, 2.05) is 0 Å². The van der Waals surface area contributed by atoms with E-state index in [9.17, 15) is 0 Å². The topological polar surface area (TPSA) is 0 Å². The Hall–Kier alpha value is 0.917. The van der Waals surface area contributed by atoms with Crippen molar-refractivity contribution in [2.45, 2.75) is 58.3 Å². The molecule has 0 saturated carbocycles. The van der Waals surface area contributed by atoms with Gasteiger partial charge in [0.05, 0.1) is 11.5 Å². The molecule has 0 aromatic carbocycles. The predicted molar refractivity (Wildman–Crippen MR) is 81.7 cm³/mol. The SMILES string of the molecule is CC(C)C(C=C(Br)Br)[Si](C)(C)C(C)(C)C. The van der Waals surface area contributed by atoms with Crippen molar-refractivity contribution in [1.29, 1.82) is 0 Å². The second-order valence-corrected chi connectivity index (χ2v) is 14.6. The van der Waals surface area contributed by atoms with Crippen molar-refractivity contribution in [1.82, 2.24) is 0 Å².